The summed E-state index contributed by atoms with van der Waals surface area (Å²) in [6.07, 6.45) is -0.211. The van der Waals surface area contributed by atoms with Crippen LogP contribution in [0.4, 0.5) is 16.5 Å². The van der Waals surface area contributed by atoms with Crippen LogP contribution in [0.1, 0.15) is 18.2 Å². The molecule has 2 aromatic carbocycles. The number of ether oxygens (including phenoxy) is 1. The second-order valence-electron chi connectivity index (χ2n) is 6.03. The van der Waals surface area contributed by atoms with E-state index in [1.165, 1.54) is 41.4 Å². The van der Waals surface area contributed by atoms with Crippen molar-refractivity contribution in [3.63, 3.8) is 0 Å². The van der Waals surface area contributed by atoms with E-state index in [1.807, 2.05) is 18.2 Å². The van der Waals surface area contributed by atoms with Crippen LogP contribution in [0.3, 0.4) is 0 Å². The number of aromatic nitrogens is 1. The van der Waals surface area contributed by atoms with Gasteiger partial charge in [-0.25, -0.2) is 4.98 Å². The van der Waals surface area contributed by atoms with Crippen molar-refractivity contribution >= 4 is 39.7 Å². The standard InChI is InChI=1S/C20H17N3O5S/c1-14(24)22(17-8-3-2-4-9-17)20-21-16(13-29-20)12-28-19(25)11-15-7-5-6-10-18(15)23(26)27/h2-10,13H,11-12H2,1H3. The van der Waals surface area contributed by atoms with E-state index in [4.69, 9.17) is 4.74 Å². The average Bonchev–Trinajstić information content (AvgIpc) is 3.16. The first-order valence-corrected chi connectivity index (χ1v) is 9.51. The summed E-state index contributed by atoms with van der Waals surface area (Å²) in [6.45, 7) is 1.36. The lowest BCUT2D eigenvalue weighted by Gasteiger charge is -2.17. The van der Waals surface area contributed by atoms with Gasteiger partial charge in [0, 0.05) is 23.9 Å². The van der Waals surface area contributed by atoms with E-state index in [9.17, 15) is 19.7 Å². The number of anilines is 2. The molecule has 0 spiro atoms. The highest BCUT2D eigenvalue weighted by atomic mass is 32.1. The van der Waals surface area contributed by atoms with Crippen LogP contribution in [0.15, 0.2) is 60.0 Å². The number of amides is 1. The molecule has 0 saturated carbocycles. The number of carbonyl (C=O) groups excluding carboxylic acids is 2. The smallest absolute Gasteiger partial charge is 0.310 e. The molecule has 0 aliphatic rings. The molecule has 0 aliphatic carbocycles. The maximum atomic E-state index is 12.1. The van der Waals surface area contributed by atoms with Gasteiger partial charge in [-0.05, 0) is 12.1 Å². The summed E-state index contributed by atoms with van der Waals surface area (Å²) in [6, 6.07) is 15.1. The van der Waals surface area contributed by atoms with Crippen molar-refractivity contribution in [2.24, 2.45) is 0 Å². The molecule has 0 unspecified atom stereocenters. The molecular weight excluding hydrogens is 394 g/mol. The Morgan fingerprint density at radius 3 is 2.52 bits per heavy atom. The lowest BCUT2D eigenvalue weighted by Crippen LogP contribution is -2.22. The van der Waals surface area contributed by atoms with Crippen LogP contribution in [-0.2, 0) is 27.4 Å². The van der Waals surface area contributed by atoms with Crippen molar-refractivity contribution in [1.29, 1.82) is 0 Å². The molecule has 0 aliphatic heterocycles. The second-order valence-corrected chi connectivity index (χ2v) is 6.87. The molecule has 0 N–H and O–H groups in total. The number of rotatable bonds is 7. The molecule has 0 atom stereocenters. The molecule has 29 heavy (non-hydrogen) atoms. The maximum Gasteiger partial charge on any atom is 0.310 e. The van der Waals surface area contributed by atoms with Gasteiger partial charge in [-0.3, -0.25) is 24.6 Å². The van der Waals surface area contributed by atoms with Gasteiger partial charge in [-0.1, -0.05) is 36.4 Å². The third-order valence-electron chi connectivity index (χ3n) is 3.96. The second kappa shape index (κ2) is 9.07. The Hall–Kier alpha value is -3.59. The zero-order valence-electron chi connectivity index (χ0n) is 15.5. The minimum absolute atomic E-state index is 0.0868. The van der Waals surface area contributed by atoms with E-state index < -0.39 is 10.9 Å². The average molecular weight is 411 g/mol. The zero-order chi connectivity index (χ0) is 20.8. The number of benzene rings is 2. The number of nitro benzene ring substituents is 1. The predicted octanol–water partition coefficient (Wildman–Crippen LogP) is 4.02. The highest BCUT2D eigenvalue weighted by Crippen LogP contribution is 2.29. The number of hydrogen-bond acceptors (Lipinski definition) is 7. The number of nitro groups is 1. The number of esters is 1. The fourth-order valence-electron chi connectivity index (χ4n) is 2.67. The van der Waals surface area contributed by atoms with Gasteiger partial charge in [0.1, 0.15) is 6.61 Å². The molecule has 1 aromatic heterocycles. The first kappa shape index (κ1) is 20.2. The van der Waals surface area contributed by atoms with E-state index in [0.29, 0.717) is 16.5 Å². The summed E-state index contributed by atoms with van der Waals surface area (Å²) in [5.74, 6) is -0.786. The van der Waals surface area contributed by atoms with Gasteiger partial charge in [0.05, 0.1) is 22.7 Å². The number of para-hydroxylation sites is 2. The van der Waals surface area contributed by atoms with Crippen LogP contribution in [0.25, 0.3) is 0 Å². The summed E-state index contributed by atoms with van der Waals surface area (Å²) in [7, 11) is 0. The van der Waals surface area contributed by atoms with Crippen molar-refractivity contribution in [2.75, 3.05) is 4.90 Å². The van der Waals surface area contributed by atoms with Crippen LogP contribution in [0.2, 0.25) is 0 Å². The monoisotopic (exact) mass is 411 g/mol. The molecule has 1 amide bonds. The molecule has 9 heteroatoms. The van der Waals surface area contributed by atoms with Crippen LogP contribution in [0.5, 0.6) is 0 Å². The van der Waals surface area contributed by atoms with E-state index >= 15 is 0 Å². The summed E-state index contributed by atoms with van der Waals surface area (Å²) in [5.41, 5.74) is 1.34. The fourth-order valence-corrected chi connectivity index (χ4v) is 3.54. The predicted molar refractivity (Wildman–Crippen MR) is 108 cm³/mol. The van der Waals surface area contributed by atoms with Crippen LogP contribution in [0, 0.1) is 10.1 Å². The molecule has 0 fully saturated rings. The van der Waals surface area contributed by atoms with E-state index in [-0.39, 0.29) is 30.2 Å². The van der Waals surface area contributed by atoms with Gasteiger partial charge in [0.25, 0.3) is 5.69 Å². The van der Waals surface area contributed by atoms with E-state index in [0.717, 1.165) is 0 Å². The fraction of sp³-hybridized carbons (Fsp3) is 0.150. The Balaban J connectivity index is 1.65. The molecule has 1 heterocycles. The Bertz CT molecular complexity index is 1040. The largest absolute Gasteiger partial charge is 0.459 e. The van der Waals surface area contributed by atoms with Gasteiger partial charge in [-0.15, -0.1) is 11.3 Å². The normalized spacial score (nSPS) is 10.4. The van der Waals surface area contributed by atoms with Crippen molar-refractivity contribution in [3.05, 3.63) is 81.3 Å². The van der Waals surface area contributed by atoms with Gasteiger partial charge in [-0.2, -0.15) is 0 Å². The minimum Gasteiger partial charge on any atom is -0.459 e. The minimum atomic E-state index is -0.597. The quantitative estimate of drug-likeness (QED) is 0.330. The van der Waals surface area contributed by atoms with E-state index in [2.05, 4.69) is 4.98 Å². The van der Waals surface area contributed by atoms with Crippen molar-refractivity contribution in [3.8, 4) is 0 Å². The topological polar surface area (TPSA) is 103 Å². The first-order valence-electron chi connectivity index (χ1n) is 8.64. The molecule has 3 rings (SSSR count). The van der Waals surface area contributed by atoms with Crippen molar-refractivity contribution in [2.45, 2.75) is 20.0 Å². The molecule has 0 saturated heterocycles. The molecule has 3 aromatic rings. The molecule has 0 bridgehead atoms. The summed E-state index contributed by atoms with van der Waals surface area (Å²) < 4.78 is 5.21. The Kier molecular flexibility index (Phi) is 6.30. The molecular formula is C20H17N3O5S. The summed E-state index contributed by atoms with van der Waals surface area (Å²) in [4.78, 5) is 40.5. The molecule has 0 radical (unpaired) electrons. The highest BCUT2D eigenvalue weighted by Gasteiger charge is 2.19. The van der Waals surface area contributed by atoms with E-state index in [1.54, 1.807) is 23.6 Å². The van der Waals surface area contributed by atoms with Gasteiger partial charge >= 0.3 is 5.97 Å². The Morgan fingerprint density at radius 1 is 1.14 bits per heavy atom. The molecule has 8 nitrogen and oxygen atoms in total. The van der Waals surface area contributed by atoms with Gasteiger partial charge < -0.3 is 4.74 Å². The summed E-state index contributed by atoms with van der Waals surface area (Å²) >= 11 is 1.26. The number of hydrogen-bond donors (Lipinski definition) is 0. The Labute approximate surface area is 170 Å². The third kappa shape index (κ3) is 5.02. The number of carbonyl (C=O) groups is 2. The van der Waals surface area contributed by atoms with Gasteiger partial charge in [0.15, 0.2) is 5.13 Å². The highest BCUT2D eigenvalue weighted by molar-refractivity contribution is 7.14. The van der Waals surface area contributed by atoms with Gasteiger partial charge in [0.2, 0.25) is 5.91 Å². The SMILES string of the molecule is CC(=O)N(c1ccccc1)c1nc(COC(=O)Cc2ccccc2[N+](=O)[O-])cs1. The number of nitrogens with zero attached hydrogens (tertiary/aromatic N) is 3. The van der Waals surface area contributed by atoms with Crippen molar-refractivity contribution < 1.29 is 19.2 Å². The Morgan fingerprint density at radius 2 is 1.83 bits per heavy atom. The van der Waals surface area contributed by atoms with Crippen LogP contribution < -0.4 is 4.90 Å². The maximum absolute atomic E-state index is 12.1. The first-order chi connectivity index (χ1) is 14.0. The van der Waals surface area contributed by atoms with Crippen molar-refractivity contribution in [1.82, 2.24) is 4.98 Å². The van der Waals surface area contributed by atoms with Crippen LogP contribution in [-0.4, -0.2) is 21.8 Å². The lowest BCUT2D eigenvalue weighted by molar-refractivity contribution is -0.385. The lowest BCUT2D eigenvalue weighted by atomic mass is 10.1. The van der Waals surface area contributed by atoms with Crippen LogP contribution >= 0.6 is 11.3 Å². The summed E-state index contributed by atoms with van der Waals surface area (Å²) in [5, 5.41) is 13.2. The molecule has 148 valence electrons. The third-order valence-corrected chi connectivity index (χ3v) is 4.84. The zero-order valence-corrected chi connectivity index (χ0v) is 16.3. The number of thiazole rings is 1.